The van der Waals surface area contributed by atoms with Crippen molar-refractivity contribution in [1.82, 2.24) is 4.90 Å². The summed E-state index contributed by atoms with van der Waals surface area (Å²) in [6.45, 7) is 3.13. The normalized spacial score (nSPS) is 11.0. The number of aryl methyl sites for hydroxylation is 1. The van der Waals surface area contributed by atoms with Crippen molar-refractivity contribution in [2.75, 3.05) is 27.2 Å². The zero-order chi connectivity index (χ0) is 14.2. The molecule has 0 heterocycles. The maximum atomic E-state index is 10.5. The Bertz CT molecular complexity index is 426. The third-order valence-corrected chi connectivity index (χ3v) is 2.95. The molecule has 0 aliphatic rings. The van der Waals surface area contributed by atoms with Crippen molar-refractivity contribution in [2.24, 2.45) is 0 Å². The molecular formula is C12H21NO4S. The van der Waals surface area contributed by atoms with Crippen molar-refractivity contribution in [3.63, 3.8) is 0 Å². The van der Waals surface area contributed by atoms with Crippen LogP contribution in [0, 0.1) is 6.92 Å². The fourth-order valence-corrected chi connectivity index (χ4v) is 1.58. The lowest BCUT2D eigenvalue weighted by Crippen LogP contribution is -2.13. The Morgan fingerprint density at radius 1 is 1.17 bits per heavy atom. The van der Waals surface area contributed by atoms with E-state index in [4.69, 9.17) is 9.66 Å². The molecule has 0 fully saturated rings. The van der Waals surface area contributed by atoms with Gasteiger partial charge < -0.3 is 10.0 Å². The SMILES string of the molecule is CN(C)CCCO.Cc1ccc(S(=O)(=O)O)cc1. The molecule has 18 heavy (non-hydrogen) atoms. The molecule has 0 radical (unpaired) electrons. The number of nitrogens with zero attached hydrogens (tertiary/aromatic N) is 1. The van der Waals surface area contributed by atoms with E-state index in [0.717, 1.165) is 18.5 Å². The Morgan fingerprint density at radius 3 is 1.94 bits per heavy atom. The van der Waals surface area contributed by atoms with Gasteiger partial charge in [0.2, 0.25) is 0 Å². The average Bonchev–Trinajstić information content (AvgIpc) is 2.26. The Labute approximate surface area is 109 Å². The quantitative estimate of drug-likeness (QED) is 0.807. The molecule has 0 amide bonds. The van der Waals surface area contributed by atoms with E-state index in [1.807, 2.05) is 21.0 Å². The molecule has 2 N–H and O–H groups in total. The van der Waals surface area contributed by atoms with Crippen LogP contribution in [0.5, 0.6) is 0 Å². The molecule has 0 aromatic heterocycles. The Morgan fingerprint density at radius 2 is 1.67 bits per heavy atom. The van der Waals surface area contributed by atoms with Crippen LogP contribution >= 0.6 is 0 Å². The van der Waals surface area contributed by atoms with Gasteiger partial charge in [-0.2, -0.15) is 8.42 Å². The zero-order valence-electron chi connectivity index (χ0n) is 11.0. The van der Waals surface area contributed by atoms with Crippen molar-refractivity contribution in [3.8, 4) is 0 Å². The highest BCUT2D eigenvalue weighted by atomic mass is 32.2. The minimum absolute atomic E-state index is 0.0666. The molecule has 6 heteroatoms. The number of aliphatic hydroxyl groups is 1. The number of aliphatic hydroxyl groups excluding tert-OH is 1. The minimum Gasteiger partial charge on any atom is -0.396 e. The van der Waals surface area contributed by atoms with Crippen molar-refractivity contribution >= 4 is 10.1 Å². The van der Waals surface area contributed by atoms with Gasteiger partial charge in [0.1, 0.15) is 0 Å². The maximum absolute atomic E-state index is 10.5. The van der Waals surface area contributed by atoms with Gasteiger partial charge in [-0.25, -0.2) is 0 Å². The first-order valence-electron chi connectivity index (χ1n) is 5.57. The Balaban J connectivity index is 0.000000360. The van der Waals surface area contributed by atoms with Gasteiger partial charge in [0, 0.05) is 6.61 Å². The van der Waals surface area contributed by atoms with Crippen LogP contribution < -0.4 is 0 Å². The fraction of sp³-hybridized carbons (Fsp3) is 0.500. The van der Waals surface area contributed by atoms with Gasteiger partial charge in [0.15, 0.2) is 0 Å². The molecule has 0 unspecified atom stereocenters. The summed E-state index contributed by atoms with van der Waals surface area (Å²) in [5, 5.41) is 8.29. The van der Waals surface area contributed by atoms with Gasteiger partial charge in [0.25, 0.3) is 10.1 Å². The lowest BCUT2D eigenvalue weighted by Gasteiger charge is -2.05. The summed E-state index contributed by atoms with van der Waals surface area (Å²) in [7, 11) is -0.0282. The maximum Gasteiger partial charge on any atom is 0.294 e. The Hall–Kier alpha value is -0.950. The summed E-state index contributed by atoms with van der Waals surface area (Å²) in [5.41, 5.74) is 0.956. The third-order valence-electron chi connectivity index (χ3n) is 2.08. The van der Waals surface area contributed by atoms with E-state index in [1.54, 1.807) is 12.1 Å². The molecule has 0 saturated heterocycles. The molecule has 0 saturated carbocycles. The van der Waals surface area contributed by atoms with E-state index in [-0.39, 0.29) is 4.90 Å². The van der Waals surface area contributed by atoms with E-state index >= 15 is 0 Å². The zero-order valence-corrected chi connectivity index (χ0v) is 11.8. The van der Waals surface area contributed by atoms with E-state index < -0.39 is 10.1 Å². The molecule has 5 nitrogen and oxygen atoms in total. The predicted octanol–water partition coefficient (Wildman–Crippen LogP) is 1.17. The van der Waals surface area contributed by atoms with Gasteiger partial charge in [-0.15, -0.1) is 0 Å². The second-order valence-electron chi connectivity index (χ2n) is 4.17. The fourth-order valence-electron chi connectivity index (χ4n) is 1.10. The van der Waals surface area contributed by atoms with Crippen molar-refractivity contribution < 1.29 is 18.1 Å². The number of hydrogen-bond donors (Lipinski definition) is 2. The van der Waals surface area contributed by atoms with E-state index in [1.165, 1.54) is 12.1 Å². The largest absolute Gasteiger partial charge is 0.396 e. The lowest BCUT2D eigenvalue weighted by atomic mass is 10.2. The number of benzene rings is 1. The van der Waals surface area contributed by atoms with Gasteiger partial charge >= 0.3 is 0 Å². The van der Waals surface area contributed by atoms with Gasteiger partial charge in [-0.05, 0) is 46.1 Å². The van der Waals surface area contributed by atoms with Crippen LogP contribution in [0.15, 0.2) is 29.2 Å². The second-order valence-corrected chi connectivity index (χ2v) is 5.59. The molecule has 1 aromatic carbocycles. The van der Waals surface area contributed by atoms with Crippen molar-refractivity contribution in [3.05, 3.63) is 29.8 Å². The van der Waals surface area contributed by atoms with Crippen LogP contribution in [0.25, 0.3) is 0 Å². The van der Waals surface area contributed by atoms with E-state index in [0.29, 0.717) is 6.61 Å². The molecule has 104 valence electrons. The molecular weight excluding hydrogens is 254 g/mol. The average molecular weight is 275 g/mol. The molecule has 0 aliphatic heterocycles. The summed E-state index contributed by atoms with van der Waals surface area (Å²) in [6, 6.07) is 5.99. The van der Waals surface area contributed by atoms with Crippen LogP contribution in [0.3, 0.4) is 0 Å². The Kier molecular flexibility index (Phi) is 7.77. The van der Waals surface area contributed by atoms with Crippen LogP contribution in [0.2, 0.25) is 0 Å². The molecule has 0 spiro atoms. The summed E-state index contributed by atoms with van der Waals surface area (Å²) in [4.78, 5) is 1.99. The molecule has 0 bridgehead atoms. The highest BCUT2D eigenvalue weighted by molar-refractivity contribution is 7.85. The van der Waals surface area contributed by atoms with Crippen LogP contribution in [-0.2, 0) is 10.1 Å². The van der Waals surface area contributed by atoms with Gasteiger partial charge in [-0.1, -0.05) is 17.7 Å². The lowest BCUT2D eigenvalue weighted by molar-refractivity contribution is 0.263. The second kappa shape index (κ2) is 8.20. The van der Waals surface area contributed by atoms with E-state index in [9.17, 15) is 8.42 Å². The smallest absolute Gasteiger partial charge is 0.294 e. The van der Waals surface area contributed by atoms with Crippen LogP contribution in [0.4, 0.5) is 0 Å². The standard InChI is InChI=1S/C7H8O3S.C5H13NO/c1-6-2-4-7(5-3-6)11(8,9)10;1-6(2)4-3-5-7/h2-5H,1H3,(H,8,9,10);7H,3-5H2,1-2H3. The number of hydrogen-bond acceptors (Lipinski definition) is 4. The third kappa shape index (κ3) is 8.19. The molecule has 1 rings (SSSR count). The summed E-state index contributed by atoms with van der Waals surface area (Å²) in [5.74, 6) is 0. The topological polar surface area (TPSA) is 77.8 Å². The predicted molar refractivity (Wildman–Crippen MR) is 71.3 cm³/mol. The van der Waals surface area contributed by atoms with E-state index in [2.05, 4.69) is 4.90 Å². The monoisotopic (exact) mass is 275 g/mol. The van der Waals surface area contributed by atoms with Gasteiger partial charge in [0.05, 0.1) is 4.90 Å². The van der Waals surface area contributed by atoms with Gasteiger partial charge in [-0.3, -0.25) is 4.55 Å². The summed E-state index contributed by atoms with van der Waals surface area (Å²) in [6.07, 6.45) is 0.882. The number of rotatable bonds is 4. The first-order chi connectivity index (χ1) is 8.27. The van der Waals surface area contributed by atoms with Crippen LogP contribution in [0.1, 0.15) is 12.0 Å². The highest BCUT2D eigenvalue weighted by Gasteiger charge is 2.06. The summed E-state index contributed by atoms with van der Waals surface area (Å²) < 4.78 is 29.6. The van der Waals surface area contributed by atoms with Crippen molar-refractivity contribution in [1.29, 1.82) is 0 Å². The van der Waals surface area contributed by atoms with Crippen LogP contribution in [-0.4, -0.2) is 50.2 Å². The molecule has 0 atom stereocenters. The molecule has 0 aliphatic carbocycles. The summed E-state index contributed by atoms with van der Waals surface area (Å²) >= 11 is 0. The first-order valence-corrected chi connectivity index (χ1v) is 7.01. The first kappa shape index (κ1) is 17.1. The molecule has 1 aromatic rings. The minimum atomic E-state index is -4.02. The highest BCUT2D eigenvalue weighted by Crippen LogP contribution is 2.08. The van der Waals surface area contributed by atoms with Crippen molar-refractivity contribution in [2.45, 2.75) is 18.2 Å².